The van der Waals surface area contributed by atoms with Crippen molar-refractivity contribution in [1.29, 1.82) is 0 Å². The molecule has 1 amide bonds. The van der Waals surface area contributed by atoms with Gasteiger partial charge in [0, 0.05) is 31.6 Å². The van der Waals surface area contributed by atoms with Gasteiger partial charge in [-0.2, -0.15) is 4.31 Å². The Hall–Kier alpha value is -2.29. The molecule has 29 heavy (non-hydrogen) atoms. The van der Waals surface area contributed by atoms with Crippen LogP contribution in [-0.2, 0) is 16.4 Å². The number of aryl methyl sites for hydroxylation is 1. The molecule has 6 nitrogen and oxygen atoms in total. The third kappa shape index (κ3) is 4.66. The molecule has 0 atom stereocenters. The molecule has 8 heteroatoms. The van der Waals surface area contributed by atoms with E-state index in [1.807, 2.05) is 24.3 Å². The number of aromatic nitrogens is 1. The van der Waals surface area contributed by atoms with Crippen LogP contribution in [0.3, 0.4) is 0 Å². The van der Waals surface area contributed by atoms with E-state index in [1.54, 1.807) is 44.2 Å². The maximum absolute atomic E-state index is 12.8. The molecule has 1 heterocycles. The van der Waals surface area contributed by atoms with Crippen molar-refractivity contribution in [2.24, 2.45) is 0 Å². The van der Waals surface area contributed by atoms with Crippen molar-refractivity contribution in [3.05, 3.63) is 58.6 Å². The summed E-state index contributed by atoms with van der Waals surface area (Å²) >= 11 is 1.61. The Labute approximate surface area is 175 Å². The number of carbonyl (C=O) groups excluding carboxylic acids is 1. The lowest BCUT2D eigenvalue weighted by Gasteiger charge is -2.19. The summed E-state index contributed by atoms with van der Waals surface area (Å²) in [5.41, 5.74) is 2.08. The lowest BCUT2D eigenvalue weighted by atomic mass is 10.1. The van der Waals surface area contributed by atoms with Gasteiger partial charge in [0.15, 0.2) is 0 Å². The number of benzene rings is 2. The van der Waals surface area contributed by atoms with Crippen LogP contribution in [0.1, 0.15) is 34.8 Å². The van der Waals surface area contributed by atoms with Crippen LogP contribution in [0.15, 0.2) is 47.4 Å². The van der Waals surface area contributed by atoms with Crippen LogP contribution in [0, 0.1) is 6.92 Å². The fraction of sp³-hybridized carbons (Fsp3) is 0.333. The predicted molar refractivity (Wildman–Crippen MR) is 117 cm³/mol. The van der Waals surface area contributed by atoms with Gasteiger partial charge in [-0.3, -0.25) is 4.79 Å². The standard InChI is InChI=1S/C21H25N3O3S2/c1-4-24(5-2)29(26,27)16-11-10-15(3)17(14-16)21(25)22-13-12-20-23-18-8-6-7-9-19(18)28-20/h6-11,14H,4-5,12-13H2,1-3H3,(H,22,25). The highest BCUT2D eigenvalue weighted by Crippen LogP contribution is 2.22. The van der Waals surface area contributed by atoms with Crippen molar-refractivity contribution >= 4 is 37.5 Å². The second-order valence-electron chi connectivity index (χ2n) is 6.65. The van der Waals surface area contributed by atoms with Gasteiger partial charge in [-0.05, 0) is 36.8 Å². The van der Waals surface area contributed by atoms with Crippen LogP contribution in [-0.4, -0.2) is 43.2 Å². The molecule has 2 aromatic carbocycles. The predicted octanol–water partition coefficient (Wildman–Crippen LogP) is 3.61. The molecule has 3 rings (SSSR count). The van der Waals surface area contributed by atoms with E-state index in [1.165, 1.54) is 10.4 Å². The van der Waals surface area contributed by atoms with Gasteiger partial charge in [-0.25, -0.2) is 13.4 Å². The molecule has 0 aliphatic heterocycles. The van der Waals surface area contributed by atoms with Crippen molar-refractivity contribution in [2.75, 3.05) is 19.6 Å². The summed E-state index contributed by atoms with van der Waals surface area (Å²) in [6, 6.07) is 12.6. The van der Waals surface area contributed by atoms with Gasteiger partial charge >= 0.3 is 0 Å². The van der Waals surface area contributed by atoms with Crippen LogP contribution >= 0.6 is 11.3 Å². The van der Waals surface area contributed by atoms with Crippen molar-refractivity contribution in [3.8, 4) is 0 Å². The van der Waals surface area contributed by atoms with Crippen molar-refractivity contribution in [1.82, 2.24) is 14.6 Å². The Kier molecular flexibility index (Phi) is 6.66. The number of hydrogen-bond acceptors (Lipinski definition) is 5. The molecule has 0 saturated heterocycles. The van der Waals surface area contributed by atoms with E-state index >= 15 is 0 Å². The number of sulfonamides is 1. The molecule has 1 N–H and O–H groups in total. The van der Waals surface area contributed by atoms with Gasteiger partial charge in [0.05, 0.1) is 20.1 Å². The number of thiazole rings is 1. The minimum Gasteiger partial charge on any atom is -0.352 e. The molecule has 0 spiro atoms. The monoisotopic (exact) mass is 431 g/mol. The van der Waals surface area contributed by atoms with Crippen LogP contribution in [0.25, 0.3) is 10.2 Å². The van der Waals surface area contributed by atoms with Gasteiger partial charge in [-0.15, -0.1) is 11.3 Å². The molecule has 154 valence electrons. The Morgan fingerprint density at radius 1 is 1.14 bits per heavy atom. The van der Waals surface area contributed by atoms with Gasteiger partial charge in [0.1, 0.15) is 0 Å². The lowest BCUT2D eigenvalue weighted by molar-refractivity contribution is 0.0953. The smallest absolute Gasteiger partial charge is 0.251 e. The summed E-state index contributed by atoms with van der Waals surface area (Å²) in [4.78, 5) is 17.4. The zero-order valence-corrected chi connectivity index (χ0v) is 18.4. The summed E-state index contributed by atoms with van der Waals surface area (Å²) in [5, 5.41) is 3.85. The van der Waals surface area contributed by atoms with E-state index in [4.69, 9.17) is 0 Å². The van der Waals surface area contributed by atoms with E-state index in [9.17, 15) is 13.2 Å². The zero-order valence-electron chi connectivity index (χ0n) is 16.8. The van der Waals surface area contributed by atoms with Crippen molar-refractivity contribution in [2.45, 2.75) is 32.1 Å². The number of amides is 1. The van der Waals surface area contributed by atoms with Crippen LogP contribution in [0.4, 0.5) is 0 Å². The van der Waals surface area contributed by atoms with Gasteiger partial charge in [0.25, 0.3) is 5.91 Å². The van der Waals surface area contributed by atoms with Crippen LogP contribution < -0.4 is 5.32 Å². The van der Waals surface area contributed by atoms with Gasteiger partial charge in [0.2, 0.25) is 10.0 Å². The first-order chi connectivity index (χ1) is 13.9. The first-order valence-corrected chi connectivity index (χ1v) is 11.9. The third-order valence-electron chi connectivity index (χ3n) is 4.76. The van der Waals surface area contributed by atoms with Gasteiger partial charge < -0.3 is 5.32 Å². The Balaban J connectivity index is 1.71. The number of fused-ring (bicyclic) bond motifs is 1. The molecule has 0 radical (unpaired) electrons. The fourth-order valence-electron chi connectivity index (χ4n) is 3.12. The SMILES string of the molecule is CCN(CC)S(=O)(=O)c1ccc(C)c(C(=O)NCCc2nc3ccccc3s2)c1. The number of nitrogens with one attached hydrogen (secondary N) is 1. The number of carbonyl (C=O) groups is 1. The topological polar surface area (TPSA) is 79.4 Å². The second-order valence-corrected chi connectivity index (χ2v) is 9.70. The summed E-state index contributed by atoms with van der Waals surface area (Å²) in [6.45, 7) is 6.60. The average molecular weight is 432 g/mol. The summed E-state index contributed by atoms with van der Waals surface area (Å²) in [6.07, 6.45) is 0.627. The third-order valence-corrected chi connectivity index (χ3v) is 7.90. The molecule has 3 aromatic rings. The maximum atomic E-state index is 12.8. The first kappa shape index (κ1) is 21.4. The molecule has 0 aliphatic rings. The molecule has 0 saturated carbocycles. The maximum Gasteiger partial charge on any atom is 0.251 e. The van der Waals surface area contributed by atoms with Crippen molar-refractivity contribution in [3.63, 3.8) is 0 Å². The van der Waals surface area contributed by atoms with Crippen molar-refractivity contribution < 1.29 is 13.2 Å². The fourth-order valence-corrected chi connectivity index (χ4v) is 5.58. The number of para-hydroxylation sites is 1. The normalized spacial score (nSPS) is 11.9. The van der Waals surface area contributed by atoms with Crippen LogP contribution in [0.5, 0.6) is 0 Å². The Morgan fingerprint density at radius 3 is 2.55 bits per heavy atom. The molecule has 0 fully saturated rings. The summed E-state index contributed by atoms with van der Waals surface area (Å²) < 4.78 is 28.0. The highest BCUT2D eigenvalue weighted by molar-refractivity contribution is 7.89. The van der Waals surface area contributed by atoms with E-state index < -0.39 is 10.0 Å². The quantitative estimate of drug-likeness (QED) is 0.591. The average Bonchev–Trinajstić information content (AvgIpc) is 3.11. The van der Waals surface area contributed by atoms with Gasteiger partial charge in [-0.1, -0.05) is 32.0 Å². The summed E-state index contributed by atoms with van der Waals surface area (Å²) in [5.74, 6) is -0.278. The highest BCUT2D eigenvalue weighted by atomic mass is 32.2. The van der Waals surface area contributed by atoms with E-state index in [2.05, 4.69) is 10.3 Å². The first-order valence-electron chi connectivity index (χ1n) is 9.60. The van der Waals surface area contributed by atoms with E-state index in [0.29, 0.717) is 31.6 Å². The molecular formula is C21H25N3O3S2. The summed E-state index contributed by atoms with van der Waals surface area (Å²) in [7, 11) is -3.61. The lowest BCUT2D eigenvalue weighted by Crippen LogP contribution is -2.31. The number of rotatable bonds is 8. The van der Waals surface area contributed by atoms with E-state index in [0.717, 1.165) is 20.8 Å². The second kappa shape index (κ2) is 9.02. The minimum absolute atomic E-state index is 0.142. The Morgan fingerprint density at radius 2 is 1.86 bits per heavy atom. The molecular weight excluding hydrogens is 406 g/mol. The van der Waals surface area contributed by atoms with Crippen LogP contribution in [0.2, 0.25) is 0 Å². The molecule has 1 aromatic heterocycles. The molecule has 0 bridgehead atoms. The highest BCUT2D eigenvalue weighted by Gasteiger charge is 2.23. The Bertz CT molecular complexity index is 1090. The van der Waals surface area contributed by atoms with E-state index in [-0.39, 0.29) is 10.8 Å². The largest absolute Gasteiger partial charge is 0.352 e. The zero-order chi connectivity index (χ0) is 21.0. The molecule has 0 unspecified atom stereocenters. The minimum atomic E-state index is -3.61. The molecule has 0 aliphatic carbocycles. The number of nitrogens with zero attached hydrogens (tertiary/aromatic N) is 2. The number of hydrogen-bond donors (Lipinski definition) is 1.